The SMILES string of the molecule is COc1ccc(NC(C)=O)cc1NC(=O)[C@@H](C)Nc1cccc(C)c1. The molecule has 0 radical (unpaired) electrons. The van der Waals surface area contributed by atoms with Gasteiger partial charge in [0.25, 0.3) is 0 Å². The first-order valence-corrected chi connectivity index (χ1v) is 7.98. The van der Waals surface area contributed by atoms with Gasteiger partial charge in [-0.25, -0.2) is 0 Å². The lowest BCUT2D eigenvalue weighted by Crippen LogP contribution is -2.32. The van der Waals surface area contributed by atoms with Crippen molar-refractivity contribution in [3.05, 3.63) is 48.0 Å². The highest BCUT2D eigenvalue weighted by Gasteiger charge is 2.15. The maximum atomic E-state index is 12.5. The third-order valence-corrected chi connectivity index (χ3v) is 3.57. The quantitative estimate of drug-likeness (QED) is 0.752. The highest BCUT2D eigenvalue weighted by atomic mass is 16.5. The Bertz CT molecular complexity index is 774. The van der Waals surface area contributed by atoms with E-state index < -0.39 is 6.04 Å². The lowest BCUT2D eigenvalue weighted by Gasteiger charge is -2.17. The molecule has 3 N–H and O–H groups in total. The van der Waals surface area contributed by atoms with Crippen LogP contribution in [-0.4, -0.2) is 25.0 Å². The number of amides is 2. The third kappa shape index (κ3) is 5.24. The zero-order valence-electron chi connectivity index (χ0n) is 14.8. The maximum Gasteiger partial charge on any atom is 0.246 e. The molecule has 25 heavy (non-hydrogen) atoms. The molecule has 0 aliphatic rings. The van der Waals surface area contributed by atoms with Gasteiger partial charge in [-0.05, 0) is 49.7 Å². The molecule has 0 unspecified atom stereocenters. The molecular weight excluding hydrogens is 318 g/mol. The van der Waals surface area contributed by atoms with E-state index in [2.05, 4.69) is 16.0 Å². The molecule has 6 heteroatoms. The van der Waals surface area contributed by atoms with Crippen LogP contribution >= 0.6 is 0 Å². The summed E-state index contributed by atoms with van der Waals surface area (Å²) in [5, 5.41) is 8.68. The van der Waals surface area contributed by atoms with Gasteiger partial charge in [-0.1, -0.05) is 12.1 Å². The number of methoxy groups -OCH3 is 1. The van der Waals surface area contributed by atoms with E-state index in [1.807, 2.05) is 31.2 Å². The standard InChI is InChI=1S/C19H23N3O3/c1-12-6-5-7-15(10-12)20-13(2)19(24)22-17-11-16(21-14(3)23)8-9-18(17)25-4/h5-11,13,20H,1-4H3,(H,21,23)(H,22,24)/t13-/m1/s1. The molecular formula is C19H23N3O3. The summed E-state index contributed by atoms with van der Waals surface area (Å²) in [4.78, 5) is 23.7. The van der Waals surface area contributed by atoms with Crippen LogP contribution in [0.15, 0.2) is 42.5 Å². The third-order valence-electron chi connectivity index (χ3n) is 3.57. The Morgan fingerprint density at radius 1 is 1.04 bits per heavy atom. The predicted octanol–water partition coefficient (Wildman–Crippen LogP) is 3.40. The average Bonchev–Trinajstić information content (AvgIpc) is 2.54. The van der Waals surface area contributed by atoms with Crippen molar-refractivity contribution in [2.45, 2.75) is 26.8 Å². The van der Waals surface area contributed by atoms with Gasteiger partial charge in [-0.3, -0.25) is 9.59 Å². The molecule has 0 heterocycles. The largest absolute Gasteiger partial charge is 0.495 e. The number of benzene rings is 2. The van der Waals surface area contributed by atoms with Crippen molar-refractivity contribution < 1.29 is 14.3 Å². The summed E-state index contributed by atoms with van der Waals surface area (Å²) in [5.41, 5.74) is 3.07. The van der Waals surface area contributed by atoms with E-state index in [1.54, 1.807) is 25.1 Å². The van der Waals surface area contributed by atoms with Gasteiger partial charge < -0.3 is 20.7 Å². The smallest absolute Gasteiger partial charge is 0.246 e. The zero-order valence-corrected chi connectivity index (χ0v) is 14.8. The molecule has 6 nitrogen and oxygen atoms in total. The number of hydrogen-bond donors (Lipinski definition) is 3. The molecule has 0 aromatic heterocycles. The molecule has 1 atom stereocenters. The molecule has 0 aliphatic heterocycles. The van der Waals surface area contributed by atoms with Gasteiger partial charge in [0.1, 0.15) is 11.8 Å². The molecule has 0 saturated heterocycles. The summed E-state index contributed by atoms with van der Waals surface area (Å²) < 4.78 is 5.27. The lowest BCUT2D eigenvalue weighted by molar-refractivity contribution is -0.116. The van der Waals surface area contributed by atoms with Gasteiger partial charge in [0.05, 0.1) is 12.8 Å². The van der Waals surface area contributed by atoms with Crippen molar-refractivity contribution in [2.75, 3.05) is 23.1 Å². The molecule has 0 bridgehead atoms. The minimum atomic E-state index is -0.448. The van der Waals surface area contributed by atoms with Gasteiger partial charge in [-0.2, -0.15) is 0 Å². The van der Waals surface area contributed by atoms with Crippen molar-refractivity contribution in [1.29, 1.82) is 0 Å². The van der Waals surface area contributed by atoms with E-state index in [1.165, 1.54) is 14.0 Å². The Labute approximate surface area is 147 Å². The van der Waals surface area contributed by atoms with Crippen molar-refractivity contribution in [1.82, 2.24) is 0 Å². The zero-order chi connectivity index (χ0) is 18.4. The summed E-state index contributed by atoms with van der Waals surface area (Å²) in [6.07, 6.45) is 0. The van der Waals surface area contributed by atoms with E-state index in [0.29, 0.717) is 17.1 Å². The van der Waals surface area contributed by atoms with Crippen LogP contribution in [0.3, 0.4) is 0 Å². The Hall–Kier alpha value is -3.02. The Kier molecular flexibility index (Phi) is 6.00. The number of nitrogens with one attached hydrogen (secondary N) is 3. The molecule has 132 valence electrons. The fourth-order valence-electron chi connectivity index (χ4n) is 2.38. The maximum absolute atomic E-state index is 12.5. The van der Waals surface area contributed by atoms with Crippen LogP contribution < -0.4 is 20.7 Å². The normalized spacial score (nSPS) is 11.4. The fourth-order valence-corrected chi connectivity index (χ4v) is 2.38. The van der Waals surface area contributed by atoms with E-state index in [9.17, 15) is 9.59 Å². The van der Waals surface area contributed by atoms with Gasteiger partial charge >= 0.3 is 0 Å². The summed E-state index contributed by atoms with van der Waals surface area (Å²) >= 11 is 0. The van der Waals surface area contributed by atoms with Crippen molar-refractivity contribution >= 4 is 28.9 Å². The molecule has 2 aromatic rings. The Morgan fingerprint density at radius 3 is 2.44 bits per heavy atom. The first-order valence-electron chi connectivity index (χ1n) is 7.98. The van der Waals surface area contributed by atoms with Gasteiger partial charge in [-0.15, -0.1) is 0 Å². The fraction of sp³-hybridized carbons (Fsp3) is 0.263. The van der Waals surface area contributed by atoms with E-state index in [-0.39, 0.29) is 11.8 Å². The number of carbonyl (C=O) groups excluding carboxylic acids is 2. The minimum Gasteiger partial charge on any atom is -0.495 e. The Balaban J connectivity index is 2.11. The lowest BCUT2D eigenvalue weighted by atomic mass is 10.2. The number of rotatable bonds is 6. The molecule has 0 spiro atoms. The molecule has 0 aliphatic carbocycles. The molecule has 0 saturated carbocycles. The number of carbonyl (C=O) groups is 2. The summed E-state index contributed by atoms with van der Waals surface area (Å²) in [6.45, 7) is 5.20. The molecule has 2 rings (SSSR count). The van der Waals surface area contributed by atoms with Crippen LogP contribution in [0.1, 0.15) is 19.4 Å². The highest BCUT2D eigenvalue weighted by Crippen LogP contribution is 2.28. The van der Waals surface area contributed by atoms with Crippen LogP contribution in [0.2, 0.25) is 0 Å². The summed E-state index contributed by atoms with van der Waals surface area (Å²) in [5.74, 6) is 0.127. The van der Waals surface area contributed by atoms with Gasteiger partial charge in [0.2, 0.25) is 11.8 Å². The molecule has 2 amide bonds. The molecule has 0 fully saturated rings. The van der Waals surface area contributed by atoms with Gasteiger partial charge in [0, 0.05) is 18.3 Å². The first-order chi connectivity index (χ1) is 11.9. The minimum absolute atomic E-state index is 0.183. The second-order valence-electron chi connectivity index (χ2n) is 5.82. The second kappa shape index (κ2) is 8.19. The number of hydrogen-bond acceptors (Lipinski definition) is 4. The Morgan fingerprint density at radius 2 is 1.80 bits per heavy atom. The highest BCUT2D eigenvalue weighted by molar-refractivity contribution is 5.98. The topological polar surface area (TPSA) is 79.5 Å². The van der Waals surface area contributed by atoms with Crippen LogP contribution in [0.5, 0.6) is 5.75 Å². The number of ether oxygens (including phenoxy) is 1. The number of aryl methyl sites for hydroxylation is 1. The van der Waals surface area contributed by atoms with E-state index in [4.69, 9.17) is 4.74 Å². The average molecular weight is 341 g/mol. The summed E-state index contributed by atoms with van der Waals surface area (Å²) in [6, 6.07) is 12.4. The summed E-state index contributed by atoms with van der Waals surface area (Å²) in [7, 11) is 1.53. The monoisotopic (exact) mass is 341 g/mol. The number of anilines is 3. The van der Waals surface area contributed by atoms with Crippen LogP contribution in [0.4, 0.5) is 17.1 Å². The molecule has 2 aromatic carbocycles. The van der Waals surface area contributed by atoms with Crippen molar-refractivity contribution in [2.24, 2.45) is 0 Å². The van der Waals surface area contributed by atoms with Gasteiger partial charge in [0.15, 0.2) is 0 Å². The van der Waals surface area contributed by atoms with Crippen LogP contribution in [0, 0.1) is 6.92 Å². The first kappa shape index (κ1) is 18.3. The van der Waals surface area contributed by atoms with Crippen LogP contribution in [-0.2, 0) is 9.59 Å². The second-order valence-corrected chi connectivity index (χ2v) is 5.82. The van der Waals surface area contributed by atoms with Crippen LogP contribution in [0.25, 0.3) is 0 Å². The van der Waals surface area contributed by atoms with Crippen molar-refractivity contribution in [3.63, 3.8) is 0 Å². The predicted molar refractivity (Wildman–Crippen MR) is 100 cm³/mol. The van der Waals surface area contributed by atoms with Crippen molar-refractivity contribution in [3.8, 4) is 5.75 Å². The van der Waals surface area contributed by atoms with E-state index in [0.717, 1.165) is 11.3 Å². The van der Waals surface area contributed by atoms with E-state index >= 15 is 0 Å².